The summed E-state index contributed by atoms with van der Waals surface area (Å²) in [4.78, 5) is 6.87. The van der Waals surface area contributed by atoms with Crippen LogP contribution >= 0.6 is 24.0 Å². The van der Waals surface area contributed by atoms with Gasteiger partial charge in [-0.15, -0.1) is 24.0 Å². The molecule has 1 fully saturated rings. The minimum absolute atomic E-state index is 0. The van der Waals surface area contributed by atoms with Gasteiger partial charge < -0.3 is 20.5 Å². The third kappa shape index (κ3) is 8.63. The van der Waals surface area contributed by atoms with Crippen LogP contribution in [-0.2, 0) is 10.2 Å². The zero-order valence-electron chi connectivity index (χ0n) is 17.7. The number of morpholine rings is 1. The van der Waals surface area contributed by atoms with Crippen LogP contribution in [0.25, 0.3) is 0 Å². The standard InChI is InChI=1S/C21H36N4O2.HI/c1-5-22-19(23-15-20(2,3)18-9-7-6-8-10-18)24-16-21(4,26)17-25-11-13-27-14-12-25;/h6-10,26H,5,11-17H2,1-4H3,(H2,22,23,24);1H. The van der Waals surface area contributed by atoms with Crippen molar-refractivity contribution in [3.05, 3.63) is 35.9 Å². The van der Waals surface area contributed by atoms with Gasteiger partial charge in [0.25, 0.3) is 0 Å². The molecule has 6 nitrogen and oxygen atoms in total. The average molecular weight is 504 g/mol. The molecule has 1 aromatic rings. The third-order valence-corrected chi connectivity index (χ3v) is 4.84. The Hall–Kier alpha value is -0.900. The number of halogens is 1. The summed E-state index contributed by atoms with van der Waals surface area (Å²) in [5.74, 6) is 0.740. The summed E-state index contributed by atoms with van der Waals surface area (Å²) in [6.07, 6.45) is 0. The maximum atomic E-state index is 10.7. The fourth-order valence-electron chi connectivity index (χ4n) is 3.18. The number of guanidine groups is 1. The maximum Gasteiger partial charge on any atom is 0.191 e. The van der Waals surface area contributed by atoms with E-state index >= 15 is 0 Å². The van der Waals surface area contributed by atoms with Gasteiger partial charge in [-0.1, -0.05) is 44.2 Å². The van der Waals surface area contributed by atoms with Crippen LogP contribution in [0, 0.1) is 0 Å². The number of ether oxygens (including phenoxy) is 1. The lowest BCUT2D eigenvalue weighted by Gasteiger charge is -2.33. The smallest absolute Gasteiger partial charge is 0.191 e. The molecule has 1 heterocycles. The van der Waals surface area contributed by atoms with Crippen LogP contribution in [0.1, 0.15) is 33.3 Å². The number of benzene rings is 1. The minimum Gasteiger partial charge on any atom is -0.387 e. The van der Waals surface area contributed by atoms with Gasteiger partial charge in [-0.3, -0.25) is 9.89 Å². The van der Waals surface area contributed by atoms with E-state index < -0.39 is 5.60 Å². The van der Waals surface area contributed by atoms with Crippen LogP contribution in [0.15, 0.2) is 35.3 Å². The fraction of sp³-hybridized carbons (Fsp3) is 0.667. The molecule has 3 N–H and O–H groups in total. The van der Waals surface area contributed by atoms with Gasteiger partial charge >= 0.3 is 0 Å². The summed E-state index contributed by atoms with van der Waals surface area (Å²) in [6.45, 7) is 14.0. The maximum absolute atomic E-state index is 10.7. The molecular weight excluding hydrogens is 467 g/mol. The monoisotopic (exact) mass is 504 g/mol. The van der Waals surface area contributed by atoms with E-state index in [0.29, 0.717) is 13.1 Å². The number of hydrogen-bond acceptors (Lipinski definition) is 4. The first-order chi connectivity index (χ1) is 12.8. The highest BCUT2D eigenvalue weighted by Gasteiger charge is 2.26. The molecule has 2 rings (SSSR count). The van der Waals surface area contributed by atoms with E-state index in [0.717, 1.165) is 45.4 Å². The lowest BCUT2D eigenvalue weighted by molar-refractivity contribution is -0.0179. The van der Waals surface area contributed by atoms with Gasteiger partial charge in [0, 0.05) is 38.1 Å². The summed E-state index contributed by atoms with van der Waals surface area (Å²) in [6, 6.07) is 10.5. The number of nitrogens with zero attached hydrogens (tertiary/aromatic N) is 2. The Bertz CT molecular complexity index is 587. The molecule has 0 amide bonds. The molecule has 0 bridgehead atoms. The Labute approximate surface area is 187 Å². The summed E-state index contributed by atoms with van der Waals surface area (Å²) >= 11 is 0. The van der Waals surface area contributed by atoms with Gasteiger partial charge in [0.15, 0.2) is 5.96 Å². The number of rotatable bonds is 8. The highest BCUT2D eigenvalue weighted by Crippen LogP contribution is 2.21. The number of aliphatic imine (C=N–C) groups is 1. The predicted octanol–water partition coefficient (Wildman–Crippen LogP) is 2.22. The van der Waals surface area contributed by atoms with Crippen molar-refractivity contribution < 1.29 is 9.84 Å². The minimum atomic E-state index is -0.866. The van der Waals surface area contributed by atoms with Crippen LogP contribution in [0.3, 0.4) is 0 Å². The van der Waals surface area contributed by atoms with Crippen molar-refractivity contribution in [3.63, 3.8) is 0 Å². The molecule has 1 aliphatic rings. The number of nitrogens with one attached hydrogen (secondary N) is 2. The summed E-state index contributed by atoms with van der Waals surface area (Å²) < 4.78 is 5.37. The molecule has 1 saturated heterocycles. The molecule has 0 radical (unpaired) electrons. The van der Waals surface area contributed by atoms with Crippen molar-refractivity contribution in [3.8, 4) is 0 Å². The Morgan fingerprint density at radius 3 is 2.39 bits per heavy atom. The Balaban J connectivity index is 0.00000392. The van der Waals surface area contributed by atoms with E-state index in [-0.39, 0.29) is 29.4 Å². The zero-order chi connectivity index (χ0) is 19.8. The molecule has 160 valence electrons. The van der Waals surface area contributed by atoms with E-state index in [4.69, 9.17) is 4.74 Å². The molecule has 1 atom stereocenters. The van der Waals surface area contributed by atoms with Crippen LogP contribution in [0.4, 0.5) is 0 Å². The molecule has 1 aliphatic heterocycles. The van der Waals surface area contributed by atoms with E-state index in [1.807, 2.05) is 19.9 Å². The Morgan fingerprint density at radius 1 is 1.14 bits per heavy atom. The molecule has 0 saturated carbocycles. The highest BCUT2D eigenvalue weighted by molar-refractivity contribution is 14.0. The molecular formula is C21H37IN4O2. The molecule has 0 aromatic heterocycles. The van der Waals surface area contributed by atoms with E-state index in [1.54, 1.807) is 0 Å². The van der Waals surface area contributed by atoms with Gasteiger partial charge in [0.2, 0.25) is 0 Å². The first kappa shape index (κ1) is 25.1. The highest BCUT2D eigenvalue weighted by atomic mass is 127. The quantitative estimate of drug-likeness (QED) is 0.288. The molecule has 1 aromatic carbocycles. The third-order valence-electron chi connectivity index (χ3n) is 4.84. The van der Waals surface area contributed by atoms with E-state index in [2.05, 4.69) is 58.6 Å². The SMILES string of the molecule is CCNC(=NCC(C)(O)CN1CCOCC1)NCC(C)(C)c1ccccc1.I. The first-order valence-corrected chi connectivity index (χ1v) is 9.93. The molecule has 0 spiro atoms. The summed E-state index contributed by atoms with van der Waals surface area (Å²) in [5.41, 5.74) is 0.398. The van der Waals surface area contributed by atoms with Crippen molar-refractivity contribution in [2.75, 3.05) is 52.5 Å². The predicted molar refractivity (Wildman–Crippen MR) is 127 cm³/mol. The van der Waals surface area contributed by atoms with Crippen LogP contribution in [0.5, 0.6) is 0 Å². The first-order valence-electron chi connectivity index (χ1n) is 9.93. The molecule has 7 heteroatoms. The normalized spacial score (nSPS) is 18.1. The second-order valence-corrected chi connectivity index (χ2v) is 8.18. The zero-order valence-corrected chi connectivity index (χ0v) is 20.0. The van der Waals surface area contributed by atoms with Gasteiger partial charge in [0.1, 0.15) is 0 Å². The van der Waals surface area contributed by atoms with Crippen LogP contribution < -0.4 is 10.6 Å². The van der Waals surface area contributed by atoms with Crippen molar-refractivity contribution in [2.24, 2.45) is 4.99 Å². The Kier molecular flexibility index (Phi) is 10.7. The van der Waals surface area contributed by atoms with Crippen molar-refractivity contribution in [1.29, 1.82) is 0 Å². The second-order valence-electron chi connectivity index (χ2n) is 8.18. The molecule has 1 unspecified atom stereocenters. The van der Waals surface area contributed by atoms with Gasteiger partial charge in [0.05, 0.1) is 25.4 Å². The summed E-state index contributed by atoms with van der Waals surface area (Å²) in [7, 11) is 0. The van der Waals surface area contributed by atoms with Crippen molar-refractivity contribution in [1.82, 2.24) is 15.5 Å². The van der Waals surface area contributed by atoms with Crippen molar-refractivity contribution >= 4 is 29.9 Å². The fourth-order valence-corrected chi connectivity index (χ4v) is 3.18. The lowest BCUT2D eigenvalue weighted by atomic mass is 9.85. The lowest BCUT2D eigenvalue weighted by Crippen LogP contribution is -2.48. The van der Waals surface area contributed by atoms with E-state index in [1.165, 1.54) is 5.56 Å². The second kappa shape index (κ2) is 11.9. The van der Waals surface area contributed by atoms with Crippen LogP contribution in [0.2, 0.25) is 0 Å². The number of aliphatic hydroxyl groups is 1. The molecule has 28 heavy (non-hydrogen) atoms. The summed E-state index contributed by atoms with van der Waals surface area (Å²) in [5, 5.41) is 17.5. The Morgan fingerprint density at radius 2 is 1.79 bits per heavy atom. The van der Waals surface area contributed by atoms with Gasteiger partial charge in [-0.05, 0) is 19.4 Å². The largest absolute Gasteiger partial charge is 0.387 e. The number of hydrogen-bond donors (Lipinski definition) is 3. The average Bonchev–Trinajstić information content (AvgIpc) is 2.65. The van der Waals surface area contributed by atoms with Crippen molar-refractivity contribution in [2.45, 2.75) is 38.7 Å². The van der Waals surface area contributed by atoms with Gasteiger partial charge in [-0.2, -0.15) is 0 Å². The van der Waals surface area contributed by atoms with Crippen LogP contribution in [-0.4, -0.2) is 74.0 Å². The van der Waals surface area contributed by atoms with Gasteiger partial charge in [-0.25, -0.2) is 0 Å². The molecule has 0 aliphatic carbocycles. The topological polar surface area (TPSA) is 69.1 Å². The number of β-amino-alcohol motifs (C(OH)–C–C–N with tert-alkyl or cyclic N) is 1. The van der Waals surface area contributed by atoms with E-state index in [9.17, 15) is 5.11 Å².